The summed E-state index contributed by atoms with van der Waals surface area (Å²) < 4.78 is 27.2. The maximum atomic E-state index is 12.3. The standard InChI is InChI=1S/C19H24N2O3S/c1-4-21(5-2)19(22)17-10-8-16(9-11-17)14-20-25(23,24)18-12-6-15(3)7-13-18/h6-13,20H,4-5,14H2,1-3H3. The fourth-order valence-corrected chi connectivity index (χ4v) is 3.46. The number of nitrogens with zero attached hydrogens (tertiary/aromatic N) is 1. The summed E-state index contributed by atoms with van der Waals surface area (Å²) in [5.74, 6) is -0.0169. The van der Waals surface area contributed by atoms with E-state index in [-0.39, 0.29) is 17.3 Å². The lowest BCUT2D eigenvalue weighted by Gasteiger charge is -2.18. The third kappa shape index (κ3) is 4.90. The van der Waals surface area contributed by atoms with Crippen molar-refractivity contribution in [3.8, 4) is 0 Å². The molecule has 2 rings (SSSR count). The van der Waals surface area contributed by atoms with E-state index in [9.17, 15) is 13.2 Å². The molecular weight excluding hydrogens is 336 g/mol. The average Bonchev–Trinajstić information content (AvgIpc) is 2.62. The largest absolute Gasteiger partial charge is 0.339 e. The van der Waals surface area contributed by atoms with Gasteiger partial charge in [-0.1, -0.05) is 29.8 Å². The molecule has 25 heavy (non-hydrogen) atoms. The number of amides is 1. The Kier molecular flexibility index (Phi) is 6.33. The van der Waals surface area contributed by atoms with Crippen LogP contribution in [0.3, 0.4) is 0 Å². The van der Waals surface area contributed by atoms with Gasteiger partial charge >= 0.3 is 0 Å². The predicted octanol–water partition coefficient (Wildman–Crippen LogP) is 2.96. The summed E-state index contributed by atoms with van der Waals surface area (Å²) in [4.78, 5) is 14.2. The molecule has 0 radical (unpaired) electrons. The van der Waals surface area contributed by atoms with E-state index in [1.807, 2.05) is 20.8 Å². The molecule has 1 amide bonds. The summed E-state index contributed by atoms with van der Waals surface area (Å²) in [7, 11) is -3.55. The Morgan fingerprint density at radius 1 is 0.960 bits per heavy atom. The zero-order valence-electron chi connectivity index (χ0n) is 14.8. The molecule has 0 saturated carbocycles. The number of carbonyl (C=O) groups is 1. The van der Waals surface area contributed by atoms with Gasteiger partial charge in [0.25, 0.3) is 5.91 Å². The second-order valence-electron chi connectivity index (χ2n) is 5.81. The Bertz CT molecular complexity index is 809. The van der Waals surface area contributed by atoms with Gasteiger partial charge in [0.05, 0.1) is 4.90 Å². The molecule has 0 aliphatic heterocycles. The zero-order valence-corrected chi connectivity index (χ0v) is 15.6. The fraction of sp³-hybridized carbons (Fsp3) is 0.316. The van der Waals surface area contributed by atoms with Crippen molar-refractivity contribution in [1.29, 1.82) is 0 Å². The number of rotatable bonds is 7. The first-order valence-corrected chi connectivity index (χ1v) is 9.80. The van der Waals surface area contributed by atoms with Gasteiger partial charge in [-0.2, -0.15) is 0 Å². The van der Waals surface area contributed by atoms with Gasteiger partial charge in [0, 0.05) is 25.2 Å². The van der Waals surface area contributed by atoms with E-state index in [1.54, 1.807) is 53.4 Å². The van der Waals surface area contributed by atoms with Crippen molar-refractivity contribution < 1.29 is 13.2 Å². The summed E-state index contributed by atoms with van der Waals surface area (Å²) >= 11 is 0. The zero-order chi connectivity index (χ0) is 18.4. The van der Waals surface area contributed by atoms with Gasteiger partial charge in [0.2, 0.25) is 10.0 Å². The minimum absolute atomic E-state index is 0.0169. The predicted molar refractivity (Wildman–Crippen MR) is 98.9 cm³/mol. The van der Waals surface area contributed by atoms with Crippen molar-refractivity contribution in [2.45, 2.75) is 32.2 Å². The first-order valence-electron chi connectivity index (χ1n) is 8.32. The Morgan fingerprint density at radius 3 is 2.04 bits per heavy atom. The SMILES string of the molecule is CCN(CC)C(=O)c1ccc(CNS(=O)(=O)c2ccc(C)cc2)cc1. The van der Waals surface area contributed by atoms with Gasteiger partial charge in [-0.15, -0.1) is 0 Å². The second kappa shape index (κ2) is 8.27. The molecule has 0 saturated heterocycles. The molecule has 134 valence electrons. The smallest absolute Gasteiger partial charge is 0.253 e. The molecule has 2 aromatic rings. The lowest BCUT2D eigenvalue weighted by atomic mass is 10.1. The van der Waals surface area contributed by atoms with Gasteiger partial charge < -0.3 is 4.90 Å². The van der Waals surface area contributed by atoms with Crippen molar-refractivity contribution >= 4 is 15.9 Å². The van der Waals surface area contributed by atoms with Crippen LogP contribution >= 0.6 is 0 Å². The summed E-state index contributed by atoms with van der Waals surface area (Å²) in [6.45, 7) is 7.28. The minimum Gasteiger partial charge on any atom is -0.339 e. The van der Waals surface area contributed by atoms with Crippen LogP contribution in [0.2, 0.25) is 0 Å². The van der Waals surface area contributed by atoms with Crippen molar-refractivity contribution in [3.05, 3.63) is 65.2 Å². The normalized spacial score (nSPS) is 11.3. The first kappa shape index (κ1) is 19.1. The van der Waals surface area contributed by atoms with E-state index in [0.29, 0.717) is 18.7 Å². The van der Waals surface area contributed by atoms with E-state index < -0.39 is 10.0 Å². The Hall–Kier alpha value is -2.18. The average molecular weight is 360 g/mol. The van der Waals surface area contributed by atoms with Crippen LogP contribution in [-0.4, -0.2) is 32.3 Å². The molecule has 5 nitrogen and oxygen atoms in total. The van der Waals surface area contributed by atoms with E-state index in [0.717, 1.165) is 11.1 Å². The lowest BCUT2D eigenvalue weighted by Crippen LogP contribution is -2.30. The third-order valence-electron chi connectivity index (χ3n) is 4.05. The van der Waals surface area contributed by atoms with Gasteiger partial charge in [0.1, 0.15) is 0 Å². The Balaban J connectivity index is 2.04. The third-order valence-corrected chi connectivity index (χ3v) is 5.47. The van der Waals surface area contributed by atoms with Gasteiger partial charge in [0.15, 0.2) is 0 Å². The van der Waals surface area contributed by atoms with Gasteiger partial charge in [-0.25, -0.2) is 13.1 Å². The minimum atomic E-state index is -3.55. The lowest BCUT2D eigenvalue weighted by molar-refractivity contribution is 0.0773. The van der Waals surface area contributed by atoms with Crippen LogP contribution < -0.4 is 4.72 Å². The fourth-order valence-electron chi connectivity index (χ4n) is 2.44. The number of nitrogens with one attached hydrogen (secondary N) is 1. The number of hydrogen-bond donors (Lipinski definition) is 1. The van der Waals surface area contributed by atoms with Crippen molar-refractivity contribution in [2.75, 3.05) is 13.1 Å². The Labute approximate surface area is 149 Å². The van der Waals surface area contributed by atoms with E-state index in [2.05, 4.69) is 4.72 Å². The van der Waals surface area contributed by atoms with Gasteiger partial charge in [-0.3, -0.25) is 4.79 Å². The molecule has 2 aromatic carbocycles. The monoisotopic (exact) mass is 360 g/mol. The highest BCUT2D eigenvalue weighted by atomic mass is 32.2. The molecular formula is C19H24N2O3S. The van der Waals surface area contributed by atoms with Crippen LogP contribution in [0.5, 0.6) is 0 Å². The number of benzene rings is 2. The molecule has 0 heterocycles. The number of aryl methyl sites for hydroxylation is 1. The van der Waals surface area contributed by atoms with Crippen molar-refractivity contribution in [1.82, 2.24) is 9.62 Å². The van der Waals surface area contributed by atoms with Crippen LogP contribution in [0.25, 0.3) is 0 Å². The molecule has 1 N–H and O–H groups in total. The highest BCUT2D eigenvalue weighted by molar-refractivity contribution is 7.89. The summed E-state index contributed by atoms with van der Waals surface area (Å²) in [6, 6.07) is 13.7. The maximum Gasteiger partial charge on any atom is 0.253 e. The van der Waals surface area contributed by atoms with Crippen LogP contribution in [0.1, 0.15) is 35.3 Å². The number of hydrogen-bond acceptors (Lipinski definition) is 3. The molecule has 0 aliphatic rings. The molecule has 0 spiro atoms. The summed E-state index contributed by atoms with van der Waals surface area (Å²) in [5.41, 5.74) is 2.41. The molecule has 6 heteroatoms. The van der Waals surface area contributed by atoms with Crippen molar-refractivity contribution in [3.63, 3.8) is 0 Å². The molecule has 0 aromatic heterocycles. The summed E-state index contributed by atoms with van der Waals surface area (Å²) in [5, 5.41) is 0. The van der Waals surface area contributed by atoms with E-state index in [1.165, 1.54) is 0 Å². The number of sulfonamides is 1. The van der Waals surface area contributed by atoms with Crippen LogP contribution in [0, 0.1) is 6.92 Å². The van der Waals surface area contributed by atoms with E-state index in [4.69, 9.17) is 0 Å². The molecule has 0 bridgehead atoms. The van der Waals surface area contributed by atoms with E-state index >= 15 is 0 Å². The Morgan fingerprint density at radius 2 is 1.52 bits per heavy atom. The van der Waals surface area contributed by atoms with Crippen LogP contribution in [-0.2, 0) is 16.6 Å². The number of carbonyl (C=O) groups excluding carboxylic acids is 1. The van der Waals surface area contributed by atoms with Crippen molar-refractivity contribution in [2.24, 2.45) is 0 Å². The quantitative estimate of drug-likeness (QED) is 0.825. The summed E-state index contributed by atoms with van der Waals surface area (Å²) in [6.07, 6.45) is 0. The van der Waals surface area contributed by atoms with Crippen LogP contribution in [0.15, 0.2) is 53.4 Å². The first-order chi connectivity index (χ1) is 11.9. The molecule has 0 aliphatic carbocycles. The molecule has 0 atom stereocenters. The second-order valence-corrected chi connectivity index (χ2v) is 7.58. The van der Waals surface area contributed by atoms with Crippen LogP contribution in [0.4, 0.5) is 0 Å². The molecule has 0 fully saturated rings. The highest BCUT2D eigenvalue weighted by Crippen LogP contribution is 2.12. The maximum absolute atomic E-state index is 12.3. The molecule has 0 unspecified atom stereocenters. The highest BCUT2D eigenvalue weighted by Gasteiger charge is 2.14. The van der Waals surface area contributed by atoms with Gasteiger partial charge in [-0.05, 0) is 50.6 Å². The topological polar surface area (TPSA) is 66.5 Å².